The summed E-state index contributed by atoms with van der Waals surface area (Å²) in [5.74, 6) is 1.53. The molecule has 3 rings (SSSR count). The van der Waals surface area contributed by atoms with Gasteiger partial charge in [0, 0.05) is 18.4 Å². The summed E-state index contributed by atoms with van der Waals surface area (Å²) in [5.41, 5.74) is 5.28. The summed E-state index contributed by atoms with van der Waals surface area (Å²) in [7, 11) is 0. The molecule has 0 N–H and O–H groups in total. The molecule has 0 aromatic heterocycles. The number of para-hydroxylation sites is 1. The molecule has 0 unspecified atom stereocenters. The van der Waals surface area contributed by atoms with E-state index in [1.54, 1.807) is 0 Å². The second-order valence-corrected chi connectivity index (χ2v) is 6.85. The Kier molecular flexibility index (Phi) is 5.57. The van der Waals surface area contributed by atoms with Crippen LogP contribution < -0.4 is 4.74 Å². The fourth-order valence-corrected chi connectivity index (χ4v) is 3.28. The Bertz CT molecular complexity index is 669. The van der Waals surface area contributed by atoms with Crippen LogP contribution in [0.25, 0.3) is 11.1 Å². The molecule has 1 heterocycles. The van der Waals surface area contributed by atoms with Crippen molar-refractivity contribution in [3.63, 3.8) is 0 Å². The zero-order chi connectivity index (χ0) is 16.9. The zero-order valence-electron chi connectivity index (χ0n) is 15.0. The quantitative estimate of drug-likeness (QED) is 0.713. The Hall–Kier alpha value is -1.80. The maximum atomic E-state index is 6.36. The summed E-state index contributed by atoms with van der Waals surface area (Å²) in [6, 6.07) is 15.3. The van der Waals surface area contributed by atoms with Crippen molar-refractivity contribution >= 4 is 0 Å². The largest absolute Gasteiger partial charge is 0.490 e. The highest BCUT2D eigenvalue weighted by molar-refractivity contribution is 5.74. The second kappa shape index (κ2) is 7.85. The second-order valence-electron chi connectivity index (χ2n) is 6.85. The van der Waals surface area contributed by atoms with Gasteiger partial charge < -0.3 is 9.47 Å². The van der Waals surface area contributed by atoms with Gasteiger partial charge in [-0.2, -0.15) is 0 Å². The van der Waals surface area contributed by atoms with Crippen LogP contribution in [-0.2, 0) is 11.2 Å². The van der Waals surface area contributed by atoms with Gasteiger partial charge in [-0.1, -0.05) is 57.2 Å². The lowest BCUT2D eigenvalue weighted by molar-refractivity contribution is 0.0258. The lowest BCUT2D eigenvalue weighted by Gasteiger charge is -2.25. The van der Waals surface area contributed by atoms with E-state index in [-0.39, 0.29) is 6.10 Å². The van der Waals surface area contributed by atoms with Gasteiger partial charge in [0.05, 0.1) is 13.2 Å². The van der Waals surface area contributed by atoms with Crippen molar-refractivity contribution in [2.45, 2.75) is 52.1 Å². The smallest absolute Gasteiger partial charge is 0.127 e. The summed E-state index contributed by atoms with van der Waals surface area (Å²) >= 11 is 0. The molecule has 2 heteroatoms. The van der Waals surface area contributed by atoms with Crippen molar-refractivity contribution in [2.75, 3.05) is 13.2 Å². The molecule has 24 heavy (non-hydrogen) atoms. The summed E-state index contributed by atoms with van der Waals surface area (Å²) < 4.78 is 11.8. The highest BCUT2D eigenvalue weighted by Crippen LogP contribution is 2.35. The third kappa shape index (κ3) is 3.81. The van der Waals surface area contributed by atoms with E-state index >= 15 is 0 Å². The van der Waals surface area contributed by atoms with Crippen LogP contribution in [-0.4, -0.2) is 19.3 Å². The van der Waals surface area contributed by atoms with E-state index in [1.807, 2.05) is 0 Å². The molecule has 2 aromatic carbocycles. The highest BCUT2D eigenvalue weighted by Gasteiger charge is 2.18. The Morgan fingerprint density at radius 1 is 1.04 bits per heavy atom. The van der Waals surface area contributed by atoms with Gasteiger partial charge in [-0.15, -0.1) is 0 Å². The van der Waals surface area contributed by atoms with E-state index in [2.05, 4.69) is 63.2 Å². The van der Waals surface area contributed by atoms with Crippen molar-refractivity contribution in [2.24, 2.45) is 0 Å². The Labute approximate surface area is 145 Å². The fourth-order valence-electron chi connectivity index (χ4n) is 3.28. The maximum absolute atomic E-state index is 6.36. The SMILES string of the molecule is CCc1ccc(C(C)C)cc1-c1ccccc1OC1CCOCC1. The van der Waals surface area contributed by atoms with Gasteiger partial charge >= 0.3 is 0 Å². The van der Waals surface area contributed by atoms with Gasteiger partial charge in [-0.25, -0.2) is 0 Å². The molecular weight excluding hydrogens is 296 g/mol. The number of hydrogen-bond donors (Lipinski definition) is 0. The molecule has 0 aliphatic carbocycles. The first-order valence-electron chi connectivity index (χ1n) is 9.15. The first-order chi connectivity index (χ1) is 11.7. The number of ether oxygens (including phenoxy) is 2. The molecule has 0 atom stereocenters. The Morgan fingerprint density at radius 3 is 2.50 bits per heavy atom. The van der Waals surface area contributed by atoms with Gasteiger partial charge in [0.15, 0.2) is 0 Å². The van der Waals surface area contributed by atoms with Crippen LogP contribution in [0.2, 0.25) is 0 Å². The first kappa shape index (κ1) is 17.0. The summed E-state index contributed by atoms with van der Waals surface area (Å²) in [4.78, 5) is 0. The molecule has 2 nitrogen and oxygen atoms in total. The van der Waals surface area contributed by atoms with E-state index in [0.29, 0.717) is 5.92 Å². The van der Waals surface area contributed by atoms with Gasteiger partial charge in [0.25, 0.3) is 0 Å². The van der Waals surface area contributed by atoms with E-state index in [4.69, 9.17) is 9.47 Å². The van der Waals surface area contributed by atoms with E-state index in [1.165, 1.54) is 22.3 Å². The van der Waals surface area contributed by atoms with Gasteiger partial charge in [0.1, 0.15) is 11.9 Å². The van der Waals surface area contributed by atoms with Crippen LogP contribution in [0.3, 0.4) is 0 Å². The summed E-state index contributed by atoms with van der Waals surface area (Å²) in [6.45, 7) is 8.31. The minimum atomic E-state index is 0.262. The minimum absolute atomic E-state index is 0.262. The van der Waals surface area contributed by atoms with Crippen molar-refractivity contribution in [1.29, 1.82) is 0 Å². The van der Waals surface area contributed by atoms with Crippen LogP contribution in [0.4, 0.5) is 0 Å². The van der Waals surface area contributed by atoms with Crippen molar-refractivity contribution in [3.05, 3.63) is 53.6 Å². The number of aryl methyl sites for hydroxylation is 1. The van der Waals surface area contributed by atoms with Crippen LogP contribution in [0.15, 0.2) is 42.5 Å². The zero-order valence-corrected chi connectivity index (χ0v) is 15.0. The molecule has 0 spiro atoms. The van der Waals surface area contributed by atoms with Crippen LogP contribution in [0, 0.1) is 0 Å². The van der Waals surface area contributed by atoms with E-state index in [0.717, 1.165) is 38.2 Å². The van der Waals surface area contributed by atoms with Crippen molar-refractivity contribution in [3.8, 4) is 16.9 Å². The van der Waals surface area contributed by atoms with E-state index in [9.17, 15) is 0 Å². The van der Waals surface area contributed by atoms with Gasteiger partial charge in [-0.05, 0) is 35.1 Å². The predicted octanol–water partition coefficient (Wildman–Crippen LogP) is 5.60. The molecule has 128 valence electrons. The maximum Gasteiger partial charge on any atom is 0.127 e. The Balaban J connectivity index is 1.98. The van der Waals surface area contributed by atoms with Gasteiger partial charge in [0.2, 0.25) is 0 Å². The topological polar surface area (TPSA) is 18.5 Å². The Morgan fingerprint density at radius 2 is 1.79 bits per heavy atom. The molecule has 0 saturated carbocycles. The van der Waals surface area contributed by atoms with Crippen LogP contribution >= 0.6 is 0 Å². The van der Waals surface area contributed by atoms with Crippen LogP contribution in [0.5, 0.6) is 5.75 Å². The first-order valence-corrected chi connectivity index (χ1v) is 9.15. The lowest BCUT2D eigenvalue weighted by atomic mass is 9.92. The highest BCUT2D eigenvalue weighted by atomic mass is 16.5. The third-order valence-corrected chi connectivity index (χ3v) is 4.82. The lowest BCUT2D eigenvalue weighted by Crippen LogP contribution is -2.26. The normalized spacial score (nSPS) is 15.7. The molecule has 0 bridgehead atoms. The molecule has 1 aliphatic rings. The van der Waals surface area contributed by atoms with Crippen LogP contribution in [0.1, 0.15) is 50.7 Å². The molecule has 0 radical (unpaired) electrons. The standard InChI is InChI=1S/C22H28O2/c1-4-17-9-10-18(16(2)3)15-21(17)20-7-5-6-8-22(20)24-19-11-13-23-14-12-19/h5-10,15-16,19H,4,11-14H2,1-3H3. The summed E-state index contributed by atoms with van der Waals surface area (Å²) in [5, 5.41) is 0. The molecule has 2 aromatic rings. The number of benzene rings is 2. The minimum Gasteiger partial charge on any atom is -0.490 e. The monoisotopic (exact) mass is 324 g/mol. The molecule has 0 amide bonds. The molecular formula is C22H28O2. The average Bonchev–Trinajstić information content (AvgIpc) is 2.62. The molecule has 1 saturated heterocycles. The summed E-state index contributed by atoms with van der Waals surface area (Å²) in [6.07, 6.45) is 3.24. The van der Waals surface area contributed by atoms with Crippen molar-refractivity contribution in [1.82, 2.24) is 0 Å². The number of hydrogen-bond acceptors (Lipinski definition) is 2. The van der Waals surface area contributed by atoms with E-state index < -0.39 is 0 Å². The molecule has 1 fully saturated rings. The number of rotatable bonds is 5. The third-order valence-electron chi connectivity index (χ3n) is 4.82. The van der Waals surface area contributed by atoms with Crippen molar-refractivity contribution < 1.29 is 9.47 Å². The predicted molar refractivity (Wildman–Crippen MR) is 99.8 cm³/mol. The average molecular weight is 324 g/mol. The van der Waals surface area contributed by atoms with Gasteiger partial charge in [-0.3, -0.25) is 0 Å². The fraction of sp³-hybridized carbons (Fsp3) is 0.455. The molecule has 1 aliphatic heterocycles.